The molecular formula is C27H25NO4. The van der Waals surface area contributed by atoms with Crippen molar-refractivity contribution in [2.24, 2.45) is 0 Å². The quantitative estimate of drug-likeness (QED) is 0.320. The largest absolute Gasteiger partial charge is 0.508 e. The lowest BCUT2D eigenvalue weighted by Crippen LogP contribution is -2.11. The second-order valence-corrected chi connectivity index (χ2v) is 7.80. The highest BCUT2D eigenvalue weighted by atomic mass is 16.5. The Morgan fingerprint density at radius 2 is 1.19 bits per heavy atom. The van der Waals surface area contributed by atoms with E-state index in [2.05, 4.69) is 0 Å². The zero-order valence-corrected chi connectivity index (χ0v) is 18.2. The van der Waals surface area contributed by atoms with Crippen LogP contribution in [0.3, 0.4) is 0 Å². The fourth-order valence-electron chi connectivity index (χ4n) is 3.45. The Morgan fingerprint density at radius 3 is 1.75 bits per heavy atom. The maximum absolute atomic E-state index is 10.4. The van der Waals surface area contributed by atoms with Crippen molar-refractivity contribution in [2.75, 3.05) is 4.90 Å². The van der Waals surface area contributed by atoms with E-state index in [0.717, 1.165) is 16.8 Å². The lowest BCUT2D eigenvalue weighted by Gasteiger charge is -2.28. The van der Waals surface area contributed by atoms with Gasteiger partial charge in [0.15, 0.2) is 5.75 Å². The summed E-state index contributed by atoms with van der Waals surface area (Å²) < 4.78 is 6.20. The third kappa shape index (κ3) is 4.18. The van der Waals surface area contributed by atoms with Crippen LogP contribution in [0.4, 0.5) is 17.1 Å². The zero-order valence-electron chi connectivity index (χ0n) is 18.2. The van der Waals surface area contributed by atoms with Gasteiger partial charge in [-0.05, 0) is 79.9 Å². The van der Waals surface area contributed by atoms with Gasteiger partial charge < -0.3 is 25.0 Å². The molecule has 4 aromatic carbocycles. The molecule has 0 fully saturated rings. The van der Waals surface area contributed by atoms with E-state index in [9.17, 15) is 15.3 Å². The molecule has 0 spiro atoms. The van der Waals surface area contributed by atoms with Crippen LogP contribution < -0.4 is 9.64 Å². The predicted octanol–water partition coefficient (Wildman–Crippen LogP) is 6.99. The molecule has 0 atom stereocenters. The number of benzene rings is 4. The third-order valence-corrected chi connectivity index (χ3v) is 5.40. The summed E-state index contributed by atoms with van der Waals surface area (Å²) in [5.41, 5.74) is 4.41. The van der Waals surface area contributed by atoms with Gasteiger partial charge in [-0.2, -0.15) is 0 Å². The van der Waals surface area contributed by atoms with Crippen molar-refractivity contribution in [2.45, 2.75) is 20.8 Å². The maximum atomic E-state index is 10.4. The molecule has 5 heteroatoms. The van der Waals surface area contributed by atoms with E-state index >= 15 is 0 Å². The Bertz CT molecular complexity index is 1230. The molecule has 0 aliphatic carbocycles. The SMILES string of the molecule is Cc1cc(Oc2ccccc2N(c2ccc(C)c(O)c2)c2ccc(C)c(O)c2)ccc1O. The first-order valence-corrected chi connectivity index (χ1v) is 10.3. The van der Waals surface area contributed by atoms with Crippen molar-refractivity contribution < 1.29 is 20.1 Å². The molecule has 3 N–H and O–H groups in total. The number of anilines is 3. The summed E-state index contributed by atoms with van der Waals surface area (Å²) >= 11 is 0. The minimum atomic E-state index is 0.177. The molecule has 0 aliphatic rings. The molecule has 32 heavy (non-hydrogen) atoms. The Hall–Kier alpha value is -4.12. The summed E-state index contributed by atoms with van der Waals surface area (Å²) in [6.07, 6.45) is 0. The van der Waals surface area contributed by atoms with E-state index in [-0.39, 0.29) is 17.2 Å². The van der Waals surface area contributed by atoms with Gasteiger partial charge >= 0.3 is 0 Å². The van der Waals surface area contributed by atoms with E-state index in [1.165, 1.54) is 0 Å². The average Bonchev–Trinajstić information content (AvgIpc) is 2.77. The van der Waals surface area contributed by atoms with Gasteiger partial charge in [0.25, 0.3) is 0 Å². The first-order chi connectivity index (χ1) is 15.3. The molecule has 5 nitrogen and oxygen atoms in total. The van der Waals surface area contributed by atoms with Crippen LogP contribution in [0.15, 0.2) is 78.9 Å². The smallest absolute Gasteiger partial charge is 0.151 e. The topological polar surface area (TPSA) is 73.2 Å². The van der Waals surface area contributed by atoms with Crippen molar-refractivity contribution in [1.29, 1.82) is 0 Å². The van der Waals surface area contributed by atoms with E-state index in [1.807, 2.05) is 74.2 Å². The molecule has 0 heterocycles. The van der Waals surface area contributed by atoms with Gasteiger partial charge in [0.05, 0.1) is 5.69 Å². The number of aryl methyl sites for hydroxylation is 3. The number of nitrogens with zero attached hydrogens (tertiary/aromatic N) is 1. The highest BCUT2D eigenvalue weighted by Crippen LogP contribution is 2.44. The summed E-state index contributed by atoms with van der Waals surface area (Å²) in [4.78, 5) is 1.92. The molecule has 4 aromatic rings. The highest BCUT2D eigenvalue weighted by molar-refractivity contribution is 5.81. The van der Waals surface area contributed by atoms with E-state index in [4.69, 9.17) is 4.74 Å². The molecule has 0 aliphatic heterocycles. The number of phenols is 3. The van der Waals surface area contributed by atoms with Crippen LogP contribution in [-0.2, 0) is 0 Å². The summed E-state index contributed by atoms with van der Waals surface area (Å²) in [6.45, 7) is 5.49. The van der Waals surface area contributed by atoms with E-state index in [0.29, 0.717) is 28.4 Å². The molecule has 0 aromatic heterocycles. The summed E-state index contributed by atoms with van der Waals surface area (Å²) in [6, 6.07) is 23.5. The summed E-state index contributed by atoms with van der Waals surface area (Å²) in [5, 5.41) is 30.6. The fourth-order valence-corrected chi connectivity index (χ4v) is 3.45. The van der Waals surface area contributed by atoms with E-state index < -0.39 is 0 Å². The lowest BCUT2D eigenvalue weighted by molar-refractivity contribution is 0.461. The first kappa shape index (κ1) is 21.1. The predicted molar refractivity (Wildman–Crippen MR) is 127 cm³/mol. The van der Waals surface area contributed by atoms with Gasteiger partial charge in [-0.25, -0.2) is 0 Å². The van der Waals surface area contributed by atoms with Crippen LogP contribution in [0.1, 0.15) is 16.7 Å². The molecule has 0 bridgehead atoms. The van der Waals surface area contributed by atoms with Crippen LogP contribution in [0, 0.1) is 20.8 Å². The van der Waals surface area contributed by atoms with Gasteiger partial charge in [-0.3, -0.25) is 0 Å². The van der Waals surface area contributed by atoms with Crippen molar-refractivity contribution in [3.63, 3.8) is 0 Å². The highest BCUT2D eigenvalue weighted by Gasteiger charge is 2.19. The standard InChI is InChI=1S/C27H25NO4/c1-17-8-10-20(15-25(17)30)28(21-11-9-18(2)26(31)16-21)23-6-4-5-7-27(23)32-22-12-13-24(29)19(3)14-22/h4-16,29-31H,1-3H3. The number of hydrogen-bond acceptors (Lipinski definition) is 5. The maximum Gasteiger partial charge on any atom is 0.151 e. The van der Waals surface area contributed by atoms with Gasteiger partial charge in [0, 0.05) is 23.5 Å². The number of para-hydroxylation sites is 2. The fraction of sp³-hybridized carbons (Fsp3) is 0.111. The Kier molecular flexibility index (Phi) is 5.65. The van der Waals surface area contributed by atoms with Gasteiger partial charge in [-0.1, -0.05) is 24.3 Å². The summed E-state index contributed by atoms with van der Waals surface area (Å²) in [5.74, 6) is 1.73. The normalized spacial score (nSPS) is 10.7. The van der Waals surface area contributed by atoms with Crippen LogP contribution in [0.2, 0.25) is 0 Å². The second kappa shape index (κ2) is 8.55. The van der Waals surface area contributed by atoms with Gasteiger partial charge in [-0.15, -0.1) is 0 Å². The first-order valence-electron chi connectivity index (χ1n) is 10.3. The average molecular weight is 428 g/mol. The Balaban J connectivity index is 1.86. The molecule has 0 radical (unpaired) electrons. The molecule has 4 rings (SSSR count). The molecule has 162 valence electrons. The number of phenolic OH excluding ortho intramolecular Hbond substituents is 3. The van der Waals surface area contributed by atoms with Crippen LogP contribution >= 0.6 is 0 Å². The molecule has 0 saturated heterocycles. The zero-order chi connectivity index (χ0) is 22.8. The van der Waals surface area contributed by atoms with Gasteiger partial charge in [0.1, 0.15) is 23.0 Å². The lowest BCUT2D eigenvalue weighted by atomic mass is 10.1. The third-order valence-electron chi connectivity index (χ3n) is 5.40. The van der Waals surface area contributed by atoms with Gasteiger partial charge in [0.2, 0.25) is 0 Å². The Morgan fingerprint density at radius 1 is 0.594 bits per heavy atom. The van der Waals surface area contributed by atoms with Crippen molar-refractivity contribution in [1.82, 2.24) is 0 Å². The number of ether oxygens (including phenoxy) is 1. The molecule has 0 amide bonds. The van der Waals surface area contributed by atoms with Crippen molar-refractivity contribution in [3.05, 3.63) is 95.6 Å². The van der Waals surface area contributed by atoms with Crippen molar-refractivity contribution in [3.8, 4) is 28.7 Å². The van der Waals surface area contributed by atoms with E-state index in [1.54, 1.807) is 30.3 Å². The number of hydrogen-bond donors (Lipinski definition) is 3. The minimum Gasteiger partial charge on any atom is -0.508 e. The molecule has 0 saturated carbocycles. The second-order valence-electron chi connectivity index (χ2n) is 7.80. The number of aromatic hydroxyl groups is 3. The molecular weight excluding hydrogens is 402 g/mol. The van der Waals surface area contributed by atoms with Crippen LogP contribution in [-0.4, -0.2) is 15.3 Å². The van der Waals surface area contributed by atoms with Crippen LogP contribution in [0.5, 0.6) is 28.7 Å². The van der Waals surface area contributed by atoms with Crippen LogP contribution in [0.25, 0.3) is 0 Å². The summed E-state index contributed by atoms with van der Waals surface area (Å²) in [7, 11) is 0. The number of rotatable bonds is 5. The Labute approximate surface area is 187 Å². The monoisotopic (exact) mass is 427 g/mol. The molecule has 0 unspecified atom stereocenters. The minimum absolute atomic E-state index is 0.177. The van der Waals surface area contributed by atoms with Crippen molar-refractivity contribution >= 4 is 17.1 Å².